The van der Waals surface area contributed by atoms with Gasteiger partial charge in [0.25, 0.3) is 5.88 Å². The molecule has 2 rings (SSSR count). The van der Waals surface area contributed by atoms with Crippen molar-refractivity contribution in [2.24, 2.45) is 5.10 Å². The summed E-state index contributed by atoms with van der Waals surface area (Å²) >= 11 is 5.92. The third-order valence-electron chi connectivity index (χ3n) is 3.50. The highest BCUT2D eigenvalue weighted by Gasteiger charge is 2.12. The van der Waals surface area contributed by atoms with Crippen LogP contribution in [0.25, 0.3) is 0 Å². The Morgan fingerprint density at radius 2 is 2.17 bits per heavy atom. The van der Waals surface area contributed by atoms with Crippen LogP contribution in [0.3, 0.4) is 0 Å². The van der Waals surface area contributed by atoms with Crippen LogP contribution in [-0.4, -0.2) is 11.2 Å². The minimum absolute atomic E-state index is 0.224. The number of hydrogen-bond donors (Lipinski definition) is 1. The Morgan fingerprint density at radius 1 is 1.33 bits per heavy atom. The van der Waals surface area contributed by atoms with E-state index in [0.717, 1.165) is 24.8 Å². The van der Waals surface area contributed by atoms with E-state index < -0.39 is 0 Å². The smallest absolute Gasteiger partial charge is 0.252 e. The number of oxazole rings is 1. The van der Waals surface area contributed by atoms with Crippen LogP contribution in [0.5, 0.6) is 0 Å². The molecule has 0 spiro atoms. The van der Waals surface area contributed by atoms with Crippen LogP contribution < -0.4 is 5.43 Å². The third-order valence-corrected chi connectivity index (χ3v) is 3.74. The van der Waals surface area contributed by atoms with E-state index in [1.807, 2.05) is 18.2 Å². The number of aryl methyl sites for hydroxylation is 1. The molecule has 126 valence electrons. The Bertz CT molecular complexity index is 718. The van der Waals surface area contributed by atoms with Crippen molar-refractivity contribution in [3.8, 4) is 6.07 Å². The molecule has 1 N–H and O–H groups in total. The summed E-state index contributed by atoms with van der Waals surface area (Å²) < 4.78 is 5.59. The summed E-state index contributed by atoms with van der Waals surface area (Å²) in [6.45, 7) is 2.19. The van der Waals surface area contributed by atoms with E-state index in [9.17, 15) is 0 Å². The van der Waals surface area contributed by atoms with Crippen LogP contribution >= 0.6 is 11.6 Å². The molecule has 0 aliphatic carbocycles. The van der Waals surface area contributed by atoms with Crippen LogP contribution in [0.1, 0.15) is 56.2 Å². The van der Waals surface area contributed by atoms with Gasteiger partial charge in [0.1, 0.15) is 6.07 Å². The maximum absolute atomic E-state index is 9.14. The van der Waals surface area contributed by atoms with E-state index in [-0.39, 0.29) is 11.6 Å². The molecule has 0 saturated heterocycles. The molecule has 0 unspecified atom stereocenters. The Balaban J connectivity index is 1.91. The molecule has 1 aromatic carbocycles. The maximum Gasteiger partial charge on any atom is 0.252 e. The van der Waals surface area contributed by atoms with Gasteiger partial charge in [0.15, 0.2) is 5.89 Å². The lowest BCUT2D eigenvalue weighted by molar-refractivity contribution is 0.488. The predicted octanol–water partition coefficient (Wildman–Crippen LogP) is 5.16. The molecule has 0 fully saturated rings. The van der Waals surface area contributed by atoms with Gasteiger partial charge in [-0.2, -0.15) is 10.4 Å². The van der Waals surface area contributed by atoms with E-state index >= 15 is 0 Å². The number of nitrogens with zero attached hydrogens (tertiary/aromatic N) is 3. The molecule has 0 aliphatic rings. The van der Waals surface area contributed by atoms with Crippen molar-refractivity contribution < 1.29 is 4.42 Å². The third kappa shape index (κ3) is 5.71. The van der Waals surface area contributed by atoms with Crippen molar-refractivity contribution in [3.05, 3.63) is 46.4 Å². The fourth-order valence-electron chi connectivity index (χ4n) is 2.26. The minimum Gasteiger partial charge on any atom is -0.422 e. The number of unbranched alkanes of at least 4 members (excludes halogenated alkanes) is 4. The van der Waals surface area contributed by atoms with Gasteiger partial charge in [0, 0.05) is 11.4 Å². The molecule has 1 aromatic heterocycles. The number of nitrogens with one attached hydrogen (secondary N) is 1. The number of halogens is 1. The molecule has 0 atom stereocenters. The minimum atomic E-state index is 0.224. The Labute approximate surface area is 147 Å². The lowest BCUT2D eigenvalue weighted by Gasteiger charge is -1.97. The number of anilines is 1. The highest BCUT2D eigenvalue weighted by Crippen LogP contribution is 2.18. The molecular formula is C18H21ClN4O. The van der Waals surface area contributed by atoms with Gasteiger partial charge in [0.2, 0.25) is 5.69 Å². The van der Waals surface area contributed by atoms with Crippen LogP contribution in [0.2, 0.25) is 5.02 Å². The fourth-order valence-corrected chi connectivity index (χ4v) is 2.45. The van der Waals surface area contributed by atoms with E-state index in [2.05, 4.69) is 22.4 Å². The molecule has 1 heterocycles. The van der Waals surface area contributed by atoms with Gasteiger partial charge < -0.3 is 4.42 Å². The first kappa shape index (κ1) is 18.0. The molecule has 24 heavy (non-hydrogen) atoms. The average molecular weight is 345 g/mol. The highest BCUT2D eigenvalue weighted by atomic mass is 35.5. The van der Waals surface area contributed by atoms with E-state index in [0.29, 0.717) is 10.9 Å². The van der Waals surface area contributed by atoms with Crippen molar-refractivity contribution in [1.29, 1.82) is 5.26 Å². The molecular weight excluding hydrogens is 324 g/mol. The van der Waals surface area contributed by atoms with Gasteiger partial charge in [0.05, 0.1) is 6.21 Å². The summed E-state index contributed by atoms with van der Waals surface area (Å²) in [4.78, 5) is 4.20. The molecule has 0 amide bonds. The molecule has 0 radical (unpaired) electrons. The molecule has 2 aromatic rings. The summed E-state index contributed by atoms with van der Waals surface area (Å²) in [6.07, 6.45) is 8.19. The van der Waals surface area contributed by atoms with Gasteiger partial charge >= 0.3 is 0 Å². The van der Waals surface area contributed by atoms with Gasteiger partial charge in [-0.3, -0.25) is 0 Å². The first-order valence-corrected chi connectivity index (χ1v) is 8.55. The summed E-state index contributed by atoms with van der Waals surface area (Å²) in [7, 11) is 0. The SMILES string of the molecule is CCCCCCCc1nc(C#N)c(N/N=C/c2cccc(Cl)c2)o1. The number of nitriles is 1. The van der Waals surface area contributed by atoms with Crippen molar-refractivity contribution in [3.63, 3.8) is 0 Å². The van der Waals surface area contributed by atoms with Crippen LogP contribution in [0.4, 0.5) is 5.88 Å². The highest BCUT2D eigenvalue weighted by molar-refractivity contribution is 6.30. The lowest BCUT2D eigenvalue weighted by Crippen LogP contribution is -1.91. The van der Waals surface area contributed by atoms with Crippen molar-refractivity contribution in [1.82, 2.24) is 4.98 Å². The second kappa shape index (κ2) is 9.74. The Morgan fingerprint density at radius 3 is 2.92 bits per heavy atom. The zero-order valence-corrected chi connectivity index (χ0v) is 14.5. The van der Waals surface area contributed by atoms with Crippen LogP contribution in [0, 0.1) is 11.3 Å². The summed E-state index contributed by atoms with van der Waals surface area (Å²) in [5.74, 6) is 0.850. The normalized spacial score (nSPS) is 10.9. The number of rotatable bonds is 9. The topological polar surface area (TPSA) is 74.2 Å². The largest absolute Gasteiger partial charge is 0.422 e. The summed E-state index contributed by atoms with van der Waals surface area (Å²) in [6, 6.07) is 9.33. The number of aromatic nitrogens is 1. The zero-order valence-electron chi connectivity index (χ0n) is 13.8. The molecule has 5 nitrogen and oxygen atoms in total. The summed E-state index contributed by atoms with van der Waals surface area (Å²) in [5, 5.41) is 13.9. The van der Waals surface area contributed by atoms with E-state index in [4.69, 9.17) is 21.3 Å². The van der Waals surface area contributed by atoms with Gasteiger partial charge in [-0.25, -0.2) is 10.4 Å². The van der Waals surface area contributed by atoms with Gasteiger partial charge in [-0.1, -0.05) is 56.3 Å². The second-order valence-electron chi connectivity index (χ2n) is 5.49. The summed E-state index contributed by atoms with van der Waals surface area (Å²) in [5.41, 5.74) is 3.81. The number of hydrazone groups is 1. The Hall–Kier alpha value is -2.32. The number of benzene rings is 1. The molecule has 0 aliphatic heterocycles. The van der Waals surface area contributed by atoms with Gasteiger partial charge in [-0.15, -0.1) is 0 Å². The van der Waals surface area contributed by atoms with Gasteiger partial charge in [-0.05, 0) is 24.1 Å². The van der Waals surface area contributed by atoms with Crippen LogP contribution in [-0.2, 0) is 6.42 Å². The first-order valence-electron chi connectivity index (χ1n) is 8.17. The van der Waals surface area contributed by atoms with E-state index in [1.165, 1.54) is 19.3 Å². The fraction of sp³-hybridized carbons (Fsp3) is 0.389. The molecule has 0 bridgehead atoms. The zero-order chi connectivity index (χ0) is 17.2. The predicted molar refractivity (Wildman–Crippen MR) is 96.3 cm³/mol. The lowest BCUT2D eigenvalue weighted by atomic mass is 10.1. The monoisotopic (exact) mass is 344 g/mol. The second-order valence-corrected chi connectivity index (χ2v) is 5.92. The van der Waals surface area contributed by atoms with E-state index in [1.54, 1.807) is 18.3 Å². The average Bonchev–Trinajstić information content (AvgIpc) is 2.97. The van der Waals surface area contributed by atoms with Crippen molar-refractivity contribution in [2.75, 3.05) is 5.43 Å². The quantitative estimate of drug-likeness (QED) is 0.387. The molecule has 0 saturated carbocycles. The molecule has 6 heteroatoms. The first-order chi connectivity index (χ1) is 11.7. The van der Waals surface area contributed by atoms with Crippen molar-refractivity contribution >= 4 is 23.7 Å². The van der Waals surface area contributed by atoms with Crippen LogP contribution in [0.15, 0.2) is 33.8 Å². The standard InChI is InChI=1S/C18H21ClN4O/c1-2-3-4-5-6-10-17-22-16(12-20)18(24-17)23-21-13-14-8-7-9-15(19)11-14/h7-9,11,13,23H,2-6,10H2,1H3/b21-13+. The van der Waals surface area contributed by atoms with Crippen molar-refractivity contribution in [2.45, 2.75) is 45.4 Å². The maximum atomic E-state index is 9.14. The number of hydrogen-bond acceptors (Lipinski definition) is 5. The Kier molecular flexibility index (Phi) is 7.31.